The molecule has 92 valence electrons. The van der Waals surface area contributed by atoms with Gasteiger partial charge in [-0.3, -0.25) is 0 Å². The molecular formula is C13H25N3. The predicted octanol–water partition coefficient (Wildman–Crippen LogP) is 2.60. The third-order valence-electron chi connectivity index (χ3n) is 3.10. The minimum atomic E-state index is 0.685. The van der Waals surface area contributed by atoms with Crippen LogP contribution in [0.5, 0.6) is 0 Å². The number of rotatable bonds is 8. The molecule has 0 fully saturated rings. The van der Waals surface area contributed by atoms with E-state index in [1.54, 1.807) is 0 Å². The minimum Gasteiger partial charge on any atom is -0.337 e. The zero-order valence-electron chi connectivity index (χ0n) is 10.7. The van der Waals surface area contributed by atoms with Crippen molar-refractivity contribution in [3.05, 3.63) is 18.2 Å². The molecule has 0 bridgehead atoms. The van der Waals surface area contributed by atoms with E-state index < -0.39 is 0 Å². The number of nitrogens with zero attached hydrogens (tertiary/aromatic N) is 2. The molecule has 1 aromatic heterocycles. The lowest BCUT2D eigenvalue weighted by molar-refractivity contribution is 0.390. The summed E-state index contributed by atoms with van der Waals surface area (Å²) in [6.45, 7) is 6.32. The molecule has 0 spiro atoms. The van der Waals surface area contributed by atoms with Gasteiger partial charge in [0.15, 0.2) is 0 Å². The first-order valence-electron chi connectivity index (χ1n) is 6.50. The standard InChI is InChI=1S/C13H25N3/c1-3-5-6-12(4-2)9-16-10-13(7-8-14)15-11-16/h10-12H,3-9,14H2,1-2H3. The number of unbranched alkanes of at least 4 members (excludes halogenated alkanes) is 1. The maximum absolute atomic E-state index is 5.51. The second-order valence-corrected chi connectivity index (χ2v) is 4.52. The van der Waals surface area contributed by atoms with Crippen LogP contribution in [0.2, 0.25) is 0 Å². The normalized spacial score (nSPS) is 12.9. The topological polar surface area (TPSA) is 43.8 Å². The molecule has 0 aliphatic heterocycles. The van der Waals surface area contributed by atoms with Gasteiger partial charge in [0.25, 0.3) is 0 Å². The Hall–Kier alpha value is -0.830. The Kier molecular flexibility index (Phi) is 6.16. The maximum Gasteiger partial charge on any atom is 0.0949 e. The van der Waals surface area contributed by atoms with E-state index in [2.05, 4.69) is 29.6 Å². The number of hydrogen-bond donors (Lipinski definition) is 1. The van der Waals surface area contributed by atoms with Crippen LogP contribution in [0.4, 0.5) is 0 Å². The monoisotopic (exact) mass is 223 g/mol. The van der Waals surface area contributed by atoms with Crippen molar-refractivity contribution in [1.82, 2.24) is 9.55 Å². The van der Waals surface area contributed by atoms with Gasteiger partial charge in [0, 0.05) is 19.2 Å². The van der Waals surface area contributed by atoms with Crippen molar-refractivity contribution in [2.24, 2.45) is 11.7 Å². The van der Waals surface area contributed by atoms with Gasteiger partial charge >= 0.3 is 0 Å². The third kappa shape index (κ3) is 4.35. The van der Waals surface area contributed by atoms with Gasteiger partial charge in [0.2, 0.25) is 0 Å². The molecule has 1 rings (SSSR count). The zero-order valence-corrected chi connectivity index (χ0v) is 10.7. The van der Waals surface area contributed by atoms with E-state index in [-0.39, 0.29) is 0 Å². The van der Waals surface area contributed by atoms with Crippen LogP contribution in [-0.4, -0.2) is 16.1 Å². The Morgan fingerprint density at radius 1 is 1.44 bits per heavy atom. The van der Waals surface area contributed by atoms with Crippen molar-refractivity contribution in [3.8, 4) is 0 Å². The number of hydrogen-bond acceptors (Lipinski definition) is 2. The largest absolute Gasteiger partial charge is 0.337 e. The molecule has 3 nitrogen and oxygen atoms in total. The lowest BCUT2D eigenvalue weighted by Gasteiger charge is -2.14. The summed E-state index contributed by atoms with van der Waals surface area (Å²) >= 11 is 0. The van der Waals surface area contributed by atoms with Gasteiger partial charge in [-0.15, -0.1) is 0 Å². The second-order valence-electron chi connectivity index (χ2n) is 4.52. The van der Waals surface area contributed by atoms with Crippen LogP contribution < -0.4 is 5.73 Å². The highest BCUT2D eigenvalue weighted by atomic mass is 15.0. The maximum atomic E-state index is 5.51. The average Bonchev–Trinajstić information content (AvgIpc) is 2.72. The Labute approximate surface area is 99.1 Å². The number of nitrogens with two attached hydrogens (primary N) is 1. The summed E-state index contributed by atoms with van der Waals surface area (Å²) in [5.41, 5.74) is 6.63. The summed E-state index contributed by atoms with van der Waals surface area (Å²) in [6.07, 6.45) is 10.2. The fourth-order valence-corrected chi connectivity index (χ4v) is 2.00. The molecule has 0 aromatic carbocycles. The molecule has 0 radical (unpaired) electrons. The van der Waals surface area contributed by atoms with Crippen molar-refractivity contribution in [1.29, 1.82) is 0 Å². The fraction of sp³-hybridized carbons (Fsp3) is 0.769. The van der Waals surface area contributed by atoms with Gasteiger partial charge in [-0.05, 0) is 18.9 Å². The van der Waals surface area contributed by atoms with Gasteiger partial charge < -0.3 is 10.3 Å². The van der Waals surface area contributed by atoms with Crippen LogP contribution in [0.15, 0.2) is 12.5 Å². The van der Waals surface area contributed by atoms with Gasteiger partial charge in [-0.25, -0.2) is 4.98 Å². The molecule has 0 aliphatic carbocycles. The zero-order chi connectivity index (χ0) is 11.8. The molecule has 0 saturated carbocycles. The van der Waals surface area contributed by atoms with E-state index in [9.17, 15) is 0 Å². The third-order valence-corrected chi connectivity index (χ3v) is 3.10. The molecule has 0 saturated heterocycles. The predicted molar refractivity (Wildman–Crippen MR) is 68.3 cm³/mol. The van der Waals surface area contributed by atoms with Crippen molar-refractivity contribution >= 4 is 0 Å². The number of aromatic nitrogens is 2. The summed E-state index contributed by atoms with van der Waals surface area (Å²) in [5, 5.41) is 0. The molecule has 1 unspecified atom stereocenters. The van der Waals surface area contributed by atoms with E-state index in [0.29, 0.717) is 6.54 Å². The molecule has 1 aromatic rings. The quantitative estimate of drug-likeness (QED) is 0.736. The summed E-state index contributed by atoms with van der Waals surface area (Å²) in [5.74, 6) is 0.792. The van der Waals surface area contributed by atoms with Gasteiger partial charge in [-0.2, -0.15) is 0 Å². The fourth-order valence-electron chi connectivity index (χ4n) is 2.00. The van der Waals surface area contributed by atoms with E-state index >= 15 is 0 Å². The highest BCUT2D eigenvalue weighted by Gasteiger charge is 2.07. The van der Waals surface area contributed by atoms with Crippen LogP contribution in [0.3, 0.4) is 0 Å². The SMILES string of the molecule is CCCCC(CC)Cn1cnc(CCN)c1. The highest BCUT2D eigenvalue weighted by molar-refractivity contribution is 4.97. The van der Waals surface area contributed by atoms with Crippen molar-refractivity contribution in [2.75, 3.05) is 6.54 Å². The summed E-state index contributed by atoms with van der Waals surface area (Å²) < 4.78 is 2.22. The second kappa shape index (κ2) is 7.44. The van der Waals surface area contributed by atoms with Crippen LogP contribution in [0, 0.1) is 5.92 Å². The first-order chi connectivity index (χ1) is 7.80. The summed E-state index contributed by atoms with van der Waals surface area (Å²) in [7, 11) is 0. The Morgan fingerprint density at radius 3 is 2.88 bits per heavy atom. The van der Waals surface area contributed by atoms with Crippen molar-refractivity contribution < 1.29 is 0 Å². The Bertz CT molecular complexity index is 280. The van der Waals surface area contributed by atoms with E-state index in [1.165, 1.54) is 25.7 Å². The van der Waals surface area contributed by atoms with Gasteiger partial charge in [0.05, 0.1) is 12.0 Å². The van der Waals surface area contributed by atoms with Crippen LogP contribution in [0.1, 0.15) is 45.2 Å². The lowest BCUT2D eigenvalue weighted by Crippen LogP contribution is -2.08. The van der Waals surface area contributed by atoms with Crippen molar-refractivity contribution in [3.63, 3.8) is 0 Å². The van der Waals surface area contributed by atoms with Crippen LogP contribution >= 0.6 is 0 Å². The van der Waals surface area contributed by atoms with E-state index in [1.807, 2.05) is 6.33 Å². The van der Waals surface area contributed by atoms with Crippen LogP contribution in [-0.2, 0) is 13.0 Å². The van der Waals surface area contributed by atoms with Crippen LogP contribution in [0.25, 0.3) is 0 Å². The smallest absolute Gasteiger partial charge is 0.0949 e. The van der Waals surface area contributed by atoms with Gasteiger partial charge in [0.1, 0.15) is 0 Å². The molecule has 0 amide bonds. The first-order valence-corrected chi connectivity index (χ1v) is 6.50. The first kappa shape index (κ1) is 13.2. The van der Waals surface area contributed by atoms with E-state index in [0.717, 1.165) is 24.6 Å². The molecular weight excluding hydrogens is 198 g/mol. The highest BCUT2D eigenvalue weighted by Crippen LogP contribution is 2.15. The van der Waals surface area contributed by atoms with E-state index in [4.69, 9.17) is 5.73 Å². The lowest BCUT2D eigenvalue weighted by atomic mass is 9.99. The molecule has 0 aliphatic rings. The molecule has 16 heavy (non-hydrogen) atoms. The van der Waals surface area contributed by atoms with Crippen molar-refractivity contribution in [2.45, 2.75) is 52.5 Å². The molecule has 3 heteroatoms. The Balaban J connectivity index is 2.43. The molecule has 1 heterocycles. The molecule has 2 N–H and O–H groups in total. The summed E-state index contributed by atoms with van der Waals surface area (Å²) in [4.78, 5) is 4.36. The number of imidazole rings is 1. The average molecular weight is 223 g/mol. The minimum absolute atomic E-state index is 0.685. The summed E-state index contributed by atoms with van der Waals surface area (Å²) in [6, 6.07) is 0. The van der Waals surface area contributed by atoms with Gasteiger partial charge in [-0.1, -0.05) is 33.1 Å². The Morgan fingerprint density at radius 2 is 2.25 bits per heavy atom. The molecule has 1 atom stereocenters.